The Morgan fingerprint density at radius 1 is 1.33 bits per heavy atom. The van der Waals surface area contributed by atoms with Crippen molar-refractivity contribution < 1.29 is 4.52 Å². The summed E-state index contributed by atoms with van der Waals surface area (Å²) in [6.45, 7) is 11.4. The second-order valence-electron chi connectivity index (χ2n) is 6.36. The third-order valence-corrected chi connectivity index (χ3v) is 4.20. The summed E-state index contributed by atoms with van der Waals surface area (Å²) in [5, 5.41) is 10.7. The second kappa shape index (κ2) is 10.3. The molecule has 2 heterocycles. The van der Waals surface area contributed by atoms with E-state index in [4.69, 9.17) is 4.52 Å². The first-order valence-corrected chi connectivity index (χ1v) is 9.27. The molecule has 0 atom stereocenters. The highest BCUT2D eigenvalue weighted by molar-refractivity contribution is 5.80. The minimum Gasteiger partial charge on any atom is -0.357 e. The van der Waals surface area contributed by atoms with Crippen molar-refractivity contribution in [1.29, 1.82) is 0 Å². The zero-order valence-electron chi connectivity index (χ0n) is 15.3. The van der Waals surface area contributed by atoms with Crippen LogP contribution >= 0.6 is 0 Å². The van der Waals surface area contributed by atoms with Crippen LogP contribution in [0.15, 0.2) is 9.52 Å². The van der Waals surface area contributed by atoms with E-state index < -0.39 is 0 Å². The van der Waals surface area contributed by atoms with Crippen molar-refractivity contribution >= 4 is 5.96 Å². The number of aliphatic imine (C=N–C) groups is 1. The van der Waals surface area contributed by atoms with Gasteiger partial charge in [-0.2, -0.15) is 4.98 Å². The Balaban J connectivity index is 1.72. The molecule has 0 spiro atoms. The molecule has 0 radical (unpaired) electrons. The van der Waals surface area contributed by atoms with Gasteiger partial charge in [0, 0.05) is 38.6 Å². The highest BCUT2D eigenvalue weighted by atomic mass is 16.5. The number of piperidine rings is 1. The third-order valence-electron chi connectivity index (χ3n) is 4.20. The summed E-state index contributed by atoms with van der Waals surface area (Å²) < 4.78 is 5.12. The number of nitrogens with one attached hydrogen (secondary N) is 2. The lowest BCUT2D eigenvalue weighted by molar-refractivity contribution is 0.206. The predicted molar refractivity (Wildman–Crippen MR) is 96.2 cm³/mol. The van der Waals surface area contributed by atoms with Crippen LogP contribution in [0.1, 0.15) is 51.2 Å². The lowest BCUT2D eigenvalue weighted by Gasteiger charge is -2.32. The first-order valence-electron chi connectivity index (χ1n) is 9.27. The van der Waals surface area contributed by atoms with E-state index in [1.807, 2.05) is 6.92 Å². The summed E-state index contributed by atoms with van der Waals surface area (Å²) in [6, 6.07) is 0.523. The number of aryl methyl sites for hydroxylation is 2. The average molecular weight is 336 g/mol. The largest absolute Gasteiger partial charge is 0.357 e. The van der Waals surface area contributed by atoms with Gasteiger partial charge in [0.05, 0.1) is 0 Å². The maximum absolute atomic E-state index is 5.12. The van der Waals surface area contributed by atoms with Gasteiger partial charge in [0.1, 0.15) is 0 Å². The van der Waals surface area contributed by atoms with Crippen molar-refractivity contribution in [3.05, 3.63) is 11.7 Å². The molecule has 0 aliphatic carbocycles. The Labute approximate surface area is 145 Å². The number of likely N-dealkylation sites (tertiary alicyclic amines) is 1. The van der Waals surface area contributed by atoms with Gasteiger partial charge < -0.3 is 20.1 Å². The average Bonchev–Trinajstić information content (AvgIpc) is 2.99. The van der Waals surface area contributed by atoms with Gasteiger partial charge in [-0.3, -0.25) is 4.99 Å². The quantitative estimate of drug-likeness (QED) is 0.428. The maximum Gasteiger partial charge on any atom is 0.226 e. The Kier molecular flexibility index (Phi) is 8.01. The van der Waals surface area contributed by atoms with Gasteiger partial charge in [-0.25, -0.2) is 0 Å². The fourth-order valence-corrected chi connectivity index (χ4v) is 2.99. The van der Waals surface area contributed by atoms with Crippen molar-refractivity contribution in [2.75, 3.05) is 32.7 Å². The van der Waals surface area contributed by atoms with E-state index in [1.165, 1.54) is 38.9 Å². The highest BCUT2D eigenvalue weighted by Gasteiger charge is 2.19. The van der Waals surface area contributed by atoms with Gasteiger partial charge >= 0.3 is 0 Å². The van der Waals surface area contributed by atoms with Crippen molar-refractivity contribution in [1.82, 2.24) is 25.7 Å². The number of rotatable bonds is 8. The zero-order chi connectivity index (χ0) is 17.2. The first kappa shape index (κ1) is 18.7. The van der Waals surface area contributed by atoms with E-state index in [0.717, 1.165) is 31.9 Å². The fourth-order valence-electron chi connectivity index (χ4n) is 2.99. The molecule has 1 aromatic heterocycles. The topological polar surface area (TPSA) is 78.6 Å². The van der Waals surface area contributed by atoms with Crippen LogP contribution in [-0.4, -0.2) is 59.8 Å². The Bertz CT molecular complexity index is 493. The lowest BCUT2D eigenvalue weighted by atomic mass is 10.1. The summed E-state index contributed by atoms with van der Waals surface area (Å²) in [7, 11) is 0. The van der Waals surface area contributed by atoms with Gasteiger partial charge in [0.25, 0.3) is 0 Å². The second-order valence-corrected chi connectivity index (χ2v) is 6.36. The summed E-state index contributed by atoms with van der Waals surface area (Å²) in [5.41, 5.74) is 0. The lowest BCUT2D eigenvalue weighted by Crippen LogP contribution is -2.48. The zero-order valence-corrected chi connectivity index (χ0v) is 15.3. The minimum atomic E-state index is 0.523. The molecule has 0 saturated carbocycles. The molecule has 1 aliphatic rings. The molecule has 0 bridgehead atoms. The van der Waals surface area contributed by atoms with Crippen LogP contribution in [0.4, 0.5) is 0 Å². The molecular formula is C17H32N6O. The molecule has 1 aromatic rings. The Hall–Kier alpha value is -1.63. The third kappa shape index (κ3) is 6.47. The van der Waals surface area contributed by atoms with Crippen molar-refractivity contribution in [2.45, 2.75) is 58.9 Å². The number of nitrogens with zero attached hydrogens (tertiary/aromatic N) is 4. The van der Waals surface area contributed by atoms with Gasteiger partial charge in [0.2, 0.25) is 5.89 Å². The van der Waals surface area contributed by atoms with Crippen LogP contribution in [0.2, 0.25) is 0 Å². The maximum atomic E-state index is 5.12. The van der Waals surface area contributed by atoms with Gasteiger partial charge in [0.15, 0.2) is 11.8 Å². The molecule has 0 amide bonds. The normalized spacial score (nSPS) is 17.2. The van der Waals surface area contributed by atoms with E-state index in [-0.39, 0.29) is 0 Å². The summed E-state index contributed by atoms with van der Waals surface area (Å²) >= 11 is 0. The SMILES string of the molecule is CCCN1CCC(NC(=NCCCc2nc(C)no2)NCC)CC1. The summed E-state index contributed by atoms with van der Waals surface area (Å²) in [4.78, 5) is 11.4. The van der Waals surface area contributed by atoms with Gasteiger partial charge in [-0.1, -0.05) is 12.1 Å². The van der Waals surface area contributed by atoms with Crippen LogP contribution < -0.4 is 10.6 Å². The van der Waals surface area contributed by atoms with E-state index >= 15 is 0 Å². The monoisotopic (exact) mass is 336 g/mol. The Morgan fingerprint density at radius 3 is 2.75 bits per heavy atom. The molecule has 1 saturated heterocycles. The van der Waals surface area contributed by atoms with E-state index in [1.54, 1.807) is 0 Å². The van der Waals surface area contributed by atoms with Crippen LogP contribution in [0.5, 0.6) is 0 Å². The molecule has 2 N–H and O–H groups in total. The predicted octanol–water partition coefficient (Wildman–Crippen LogP) is 1.74. The summed E-state index contributed by atoms with van der Waals surface area (Å²) in [5.74, 6) is 2.31. The van der Waals surface area contributed by atoms with Crippen molar-refractivity contribution in [3.63, 3.8) is 0 Å². The molecule has 2 rings (SSSR count). The van der Waals surface area contributed by atoms with Crippen LogP contribution in [0.3, 0.4) is 0 Å². The van der Waals surface area contributed by atoms with Crippen molar-refractivity contribution in [2.24, 2.45) is 4.99 Å². The van der Waals surface area contributed by atoms with E-state index in [2.05, 4.69) is 44.5 Å². The number of guanidine groups is 1. The molecule has 0 unspecified atom stereocenters. The number of aromatic nitrogens is 2. The molecule has 1 aliphatic heterocycles. The molecular weight excluding hydrogens is 304 g/mol. The molecule has 136 valence electrons. The fraction of sp³-hybridized carbons (Fsp3) is 0.824. The molecule has 7 nitrogen and oxygen atoms in total. The van der Waals surface area contributed by atoms with E-state index in [0.29, 0.717) is 17.8 Å². The van der Waals surface area contributed by atoms with E-state index in [9.17, 15) is 0 Å². The molecule has 24 heavy (non-hydrogen) atoms. The van der Waals surface area contributed by atoms with Crippen LogP contribution in [0, 0.1) is 6.92 Å². The van der Waals surface area contributed by atoms with Crippen LogP contribution in [0.25, 0.3) is 0 Å². The standard InChI is InChI=1S/C17H32N6O/c1-4-11-23-12-8-15(9-13-23)21-17(18-5-2)19-10-6-7-16-20-14(3)22-24-16/h15H,4-13H2,1-3H3,(H2,18,19,21). The minimum absolute atomic E-state index is 0.523. The molecule has 1 fully saturated rings. The smallest absolute Gasteiger partial charge is 0.226 e. The highest BCUT2D eigenvalue weighted by Crippen LogP contribution is 2.10. The van der Waals surface area contributed by atoms with Gasteiger partial charge in [-0.15, -0.1) is 0 Å². The molecule has 7 heteroatoms. The summed E-state index contributed by atoms with van der Waals surface area (Å²) in [6.07, 6.45) is 5.30. The number of hydrogen-bond acceptors (Lipinski definition) is 5. The Morgan fingerprint density at radius 2 is 2.12 bits per heavy atom. The number of hydrogen-bond donors (Lipinski definition) is 2. The van der Waals surface area contributed by atoms with Gasteiger partial charge in [-0.05, 0) is 46.1 Å². The van der Waals surface area contributed by atoms with Crippen LogP contribution in [-0.2, 0) is 6.42 Å². The first-order chi connectivity index (χ1) is 11.7. The van der Waals surface area contributed by atoms with Crippen molar-refractivity contribution in [3.8, 4) is 0 Å². The molecule has 0 aromatic carbocycles.